The van der Waals surface area contributed by atoms with Crippen LogP contribution < -0.4 is 0 Å². The predicted molar refractivity (Wildman–Crippen MR) is 236 cm³/mol. The van der Waals surface area contributed by atoms with Gasteiger partial charge in [0.2, 0.25) is 0 Å². The second-order valence-corrected chi connectivity index (χ2v) is 14.3. The standard InChI is InChI=1S/C53H37N5/c1-5-13-37(14-6-1)39-21-27-43(28-22-39)49-36-50(55-51(54-49)45-19-11-4-12-20-45)44-29-23-40(24-30-44)41-25-31-46(32-26-41)52-56-53-48(42-17-9-3-10-18-42)35-47(33-34-58(53)57-52)38-15-7-2-8-16-38/h1-33,35-36H,34H2. The minimum atomic E-state index is 0.630. The molecule has 0 bridgehead atoms. The van der Waals surface area contributed by atoms with Crippen molar-refractivity contribution < 1.29 is 0 Å². The van der Waals surface area contributed by atoms with Crippen LogP contribution in [-0.2, 0) is 6.54 Å². The third-order valence-electron chi connectivity index (χ3n) is 10.6. The molecule has 0 amide bonds. The van der Waals surface area contributed by atoms with E-state index in [0.717, 1.165) is 67.3 Å². The molecule has 2 aromatic heterocycles. The average Bonchev–Trinajstić information content (AvgIpc) is 3.65. The summed E-state index contributed by atoms with van der Waals surface area (Å²) in [6, 6.07) is 69.4. The van der Waals surface area contributed by atoms with Crippen LogP contribution in [0.15, 0.2) is 212 Å². The Hall–Kier alpha value is -7.76. The van der Waals surface area contributed by atoms with Gasteiger partial charge in [-0.3, -0.25) is 0 Å². The first-order chi connectivity index (χ1) is 28.7. The molecule has 0 saturated carbocycles. The molecule has 274 valence electrons. The first-order valence-corrected chi connectivity index (χ1v) is 19.5. The molecule has 7 aromatic carbocycles. The first kappa shape index (κ1) is 34.7. The van der Waals surface area contributed by atoms with Crippen LogP contribution in [0.25, 0.3) is 78.7 Å². The third kappa shape index (κ3) is 7.09. The predicted octanol–water partition coefficient (Wildman–Crippen LogP) is 12.6. The van der Waals surface area contributed by atoms with Crippen molar-refractivity contribution in [1.82, 2.24) is 24.7 Å². The highest BCUT2D eigenvalue weighted by atomic mass is 15.3. The molecular weight excluding hydrogens is 707 g/mol. The quantitative estimate of drug-likeness (QED) is 0.155. The lowest BCUT2D eigenvalue weighted by Gasteiger charge is -2.11. The summed E-state index contributed by atoms with van der Waals surface area (Å²) < 4.78 is 2.01. The van der Waals surface area contributed by atoms with Gasteiger partial charge in [-0.15, -0.1) is 0 Å². The molecule has 1 aliphatic rings. The van der Waals surface area contributed by atoms with Crippen LogP contribution >= 0.6 is 0 Å². The second kappa shape index (κ2) is 15.4. The van der Waals surface area contributed by atoms with Crippen LogP contribution in [0.4, 0.5) is 0 Å². The van der Waals surface area contributed by atoms with Gasteiger partial charge in [0, 0.05) is 27.8 Å². The fourth-order valence-corrected chi connectivity index (χ4v) is 7.49. The molecule has 0 atom stereocenters. The van der Waals surface area contributed by atoms with Crippen molar-refractivity contribution in [2.45, 2.75) is 6.54 Å². The number of hydrogen-bond acceptors (Lipinski definition) is 4. The zero-order valence-electron chi connectivity index (χ0n) is 31.7. The van der Waals surface area contributed by atoms with Crippen molar-refractivity contribution >= 4 is 11.1 Å². The maximum absolute atomic E-state index is 5.13. The Morgan fingerprint density at radius 3 is 1.26 bits per heavy atom. The van der Waals surface area contributed by atoms with Crippen molar-refractivity contribution in [3.05, 3.63) is 229 Å². The van der Waals surface area contributed by atoms with Gasteiger partial charge in [0.1, 0.15) is 0 Å². The number of allylic oxidation sites excluding steroid dienone is 3. The molecule has 0 saturated heterocycles. The van der Waals surface area contributed by atoms with Gasteiger partial charge in [-0.1, -0.05) is 200 Å². The van der Waals surface area contributed by atoms with E-state index >= 15 is 0 Å². The average molecular weight is 744 g/mol. The third-order valence-corrected chi connectivity index (χ3v) is 10.6. The summed E-state index contributed by atoms with van der Waals surface area (Å²) in [5.74, 6) is 2.26. The molecule has 0 radical (unpaired) electrons. The monoisotopic (exact) mass is 743 g/mol. The topological polar surface area (TPSA) is 56.5 Å². The van der Waals surface area contributed by atoms with E-state index in [9.17, 15) is 0 Å². The SMILES string of the molecule is C1=C(c2ccccc2)C=C(c2ccccc2)c2nc(-c3ccc(-c4ccc(-c5cc(-c6ccc(-c7ccccc7)cc6)nc(-c6ccccc6)n5)cc4)cc3)nn2C1. The molecule has 3 heterocycles. The van der Waals surface area contributed by atoms with E-state index in [-0.39, 0.29) is 0 Å². The maximum atomic E-state index is 5.13. The lowest BCUT2D eigenvalue weighted by Crippen LogP contribution is -2.03. The van der Waals surface area contributed by atoms with Gasteiger partial charge in [0.25, 0.3) is 0 Å². The Morgan fingerprint density at radius 1 is 0.345 bits per heavy atom. The molecule has 58 heavy (non-hydrogen) atoms. The van der Waals surface area contributed by atoms with E-state index in [1.165, 1.54) is 16.7 Å². The van der Waals surface area contributed by atoms with Crippen LogP contribution in [-0.4, -0.2) is 24.7 Å². The number of rotatable bonds is 8. The number of fused-ring (bicyclic) bond motifs is 1. The van der Waals surface area contributed by atoms with E-state index in [1.54, 1.807) is 0 Å². The fourth-order valence-electron chi connectivity index (χ4n) is 7.49. The van der Waals surface area contributed by atoms with Crippen LogP contribution in [0, 0.1) is 0 Å². The Balaban J connectivity index is 0.929. The van der Waals surface area contributed by atoms with Gasteiger partial charge in [0.15, 0.2) is 17.5 Å². The van der Waals surface area contributed by atoms with Crippen molar-refractivity contribution in [2.24, 2.45) is 0 Å². The fraction of sp³-hybridized carbons (Fsp3) is 0.0189. The largest absolute Gasteiger partial charge is 0.241 e. The van der Waals surface area contributed by atoms with Crippen LogP contribution in [0.1, 0.15) is 17.0 Å². The summed E-state index contributed by atoms with van der Waals surface area (Å²) in [5, 5.41) is 5.02. The zero-order chi connectivity index (χ0) is 38.7. The van der Waals surface area contributed by atoms with E-state index < -0.39 is 0 Å². The minimum absolute atomic E-state index is 0.630. The molecule has 9 aromatic rings. The van der Waals surface area contributed by atoms with E-state index in [4.69, 9.17) is 20.1 Å². The van der Waals surface area contributed by atoms with Gasteiger partial charge in [0.05, 0.1) is 17.9 Å². The number of nitrogens with zero attached hydrogens (tertiary/aromatic N) is 5. The molecule has 0 N–H and O–H groups in total. The van der Waals surface area contributed by atoms with Crippen LogP contribution in [0.5, 0.6) is 0 Å². The molecule has 0 spiro atoms. The van der Waals surface area contributed by atoms with Gasteiger partial charge >= 0.3 is 0 Å². The Labute approximate surface area is 338 Å². The molecule has 0 fully saturated rings. The number of hydrogen-bond donors (Lipinski definition) is 0. The van der Waals surface area contributed by atoms with Crippen molar-refractivity contribution in [3.8, 4) is 67.5 Å². The summed E-state index contributed by atoms with van der Waals surface area (Å²) in [6.45, 7) is 0.630. The molecule has 5 heteroatoms. The van der Waals surface area contributed by atoms with Gasteiger partial charge < -0.3 is 0 Å². The van der Waals surface area contributed by atoms with Gasteiger partial charge in [-0.05, 0) is 51.1 Å². The minimum Gasteiger partial charge on any atom is -0.241 e. The number of benzene rings is 7. The van der Waals surface area contributed by atoms with Crippen LogP contribution in [0.3, 0.4) is 0 Å². The molecule has 0 unspecified atom stereocenters. The smallest absolute Gasteiger partial charge is 0.181 e. The molecule has 10 rings (SSSR count). The Bertz CT molecular complexity index is 2900. The van der Waals surface area contributed by atoms with Crippen molar-refractivity contribution in [2.75, 3.05) is 0 Å². The second-order valence-electron chi connectivity index (χ2n) is 14.3. The summed E-state index contributed by atoms with van der Waals surface area (Å²) in [7, 11) is 0. The molecule has 5 nitrogen and oxygen atoms in total. The van der Waals surface area contributed by atoms with E-state index in [0.29, 0.717) is 18.2 Å². The molecular formula is C53H37N5. The van der Waals surface area contributed by atoms with Gasteiger partial charge in [-0.25, -0.2) is 19.6 Å². The highest BCUT2D eigenvalue weighted by molar-refractivity contribution is 5.90. The number of aromatic nitrogens is 5. The highest BCUT2D eigenvalue weighted by Gasteiger charge is 2.20. The van der Waals surface area contributed by atoms with Crippen LogP contribution in [0.2, 0.25) is 0 Å². The van der Waals surface area contributed by atoms with Crippen molar-refractivity contribution in [3.63, 3.8) is 0 Å². The summed E-state index contributed by atoms with van der Waals surface area (Å²) in [6.07, 6.45) is 4.47. The van der Waals surface area contributed by atoms with Crippen molar-refractivity contribution in [1.29, 1.82) is 0 Å². The normalized spacial score (nSPS) is 12.3. The lowest BCUT2D eigenvalue weighted by atomic mass is 9.99. The Kier molecular flexibility index (Phi) is 9.22. The van der Waals surface area contributed by atoms with E-state index in [2.05, 4.69) is 176 Å². The van der Waals surface area contributed by atoms with E-state index in [1.807, 2.05) is 41.1 Å². The maximum Gasteiger partial charge on any atom is 0.181 e. The first-order valence-electron chi connectivity index (χ1n) is 19.5. The highest BCUT2D eigenvalue weighted by Crippen LogP contribution is 2.34. The summed E-state index contributed by atoms with van der Waals surface area (Å²) in [4.78, 5) is 15.2. The lowest BCUT2D eigenvalue weighted by molar-refractivity contribution is 0.694. The summed E-state index contributed by atoms with van der Waals surface area (Å²) in [5.41, 5.74) is 14.9. The summed E-state index contributed by atoms with van der Waals surface area (Å²) >= 11 is 0. The van der Waals surface area contributed by atoms with Gasteiger partial charge in [-0.2, -0.15) is 5.10 Å². The Morgan fingerprint density at radius 2 is 0.741 bits per heavy atom. The zero-order valence-corrected chi connectivity index (χ0v) is 31.7. The molecule has 0 aliphatic carbocycles. The molecule has 1 aliphatic heterocycles.